The highest BCUT2D eigenvalue weighted by molar-refractivity contribution is 6.26. The third-order valence-corrected chi connectivity index (χ3v) is 12.8. The minimum absolute atomic E-state index is 0.0538. The van der Waals surface area contributed by atoms with Crippen molar-refractivity contribution in [3.05, 3.63) is 165 Å². The smallest absolute Gasteiger partial charge is 0.344 e. The molecular weight excluding hydrogens is 1310 g/mol. The summed E-state index contributed by atoms with van der Waals surface area (Å²) in [6, 6.07) is 28.0. The number of hydrogen-bond acceptors (Lipinski definition) is 26. The zero-order valence-corrected chi connectivity index (χ0v) is 54.1. The summed E-state index contributed by atoms with van der Waals surface area (Å²) in [4.78, 5) is 86.0. The zero-order chi connectivity index (χ0) is 74.2. The lowest BCUT2D eigenvalue weighted by Crippen LogP contribution is -2.15. The predicted molar refractivity (Wildman–Crippen MR) is 349 cm³/mol. The maximum atomic E-state index is 12.2. The second-order valence-electron chi connectivity index (χ2n) is 19.5. The molecule has 30 heteroatoms. The van der Waals surface area contributed by atoms with Crippen LogP contribution in [-0.4, -0.2) is 167 Å². The zero-order valence-electron chi connectivity index (χ0n) is 54.1. The molecule has 0 radical (unpaired) electrons. The average molecular weight is 1380 g/mol. The van der Waals surface area contributed by atoms with Gasteiger partial charge in [0.25, 0.3) is 0 Å². The van der Waals surface area contributed by atoms with E-state index in [1.54, 1.807) is 76.2 Å². The number of benzene rings is 7. The molecule has 0 fully saturated rings. The number of aldehydes is 3. The molecule has 1 heterocycles. The monoisotopic (exact) mass is 1380 g/mol. The Labute approximate surface area is 564 Å². The number of aliphatic carboxylic acids is 4. The highest BCUT2D eigenvalue weighted by atomic mass is 16.6. The number of carboxylic acids is 4. The number of aliphatic hydroxyl groups excluding tert-OH is 4. The third kappa shape index (κ3) is 23.1. The Morgan fingerprint density at radius 1 is 0.414 bits per heavy atom. The molecule has 530 valence electrons. The fraction of sp³-hybridized carbons (Fsp3) is 0.246. The van der Waals surface area contributed by atoms with Gasteiger partial charge in [0.1, 0.15) is 6.29 Å². The van der Waals surface area contributed by atoms with Crippen LogP contribution in [0.15, 0.2) is 115 Å². The summed E-state index contributed by atoms with van der Waals surface area (Å²) >= 11 is 0. The third-order valence-electron chi connectivity index (χ3n) is 12.8. The van der Waals surface area contributed by atoms with E-state index in [1.807, 2.05) is 13.8 Å². The first-order valence-corrected chi connectivity index (χ1v) is 29.5. The van der Waals surface area contributed by atoms with E-state index in [0.29, 0.717) is 91.6 Å². The molecule has 0 amide bonds. The first kappa shape index (κ1) is 81.1. The Bertz CT molecular complexity index is 3950. The molecule has 0 aromatic heterocycles. The Hall–Kier alpha value is -12.1. The van der Waals surface area contributed by atoms with Crippen LogP contribution in [0.1, 0.15) is 130 Å². The summed E-state index contributed by atoms with van der Waals surface area (Å²) in [6.07, 6.45) is -3.99. The number of hydrogen-bond donors (Lipinski definition) is 14. The maximum absolute atomic E-state index is 12.2. The van der Waals surface area contributed by atoms with Gasteiger partial charge in [0.05, 0.1) is 63.5 Å². The molecular formula is C69H74O30. The molecule has 1 aliphatic rings. The summed E-state index contributed by atoms with van der Waals surface area (Å²) in [5.74, 6) is -5.78. The molecule has 30 nitrogen and oxygen atoms in total. The number of methoxy groups -OCH3 is 1. The second kappa shape index (κ2) is 40.3. The molecule has 4 unspecified atom stereocenters. The number of rotatable bonds is 25. The van der Waals surface area contributed by atoms with Gasteiger partial charge in [-0.25, -0.2) is 24.0 Å². The van der Waals surface area contributed by atoms with Gasteiger partial charge in [0, 0.05) is 22.3 Å². The van der Waals surface area contributed by atoms with Crippen LogP contribution < -0.4 is 37.9 Å². The molecule has 0 saturated heterocycles. The van der Waals surface area contributed by atoms with Gasteiger partial charge in [-0.05, 0) is 137 Å². The van der Waals surface area contributed by atoms with Crippen LogP contribution in [0.2, 0.25) is 0 Å². The summed E-state index contributed by atoms with van der Waals surface area (Å²) in [6.45, 7) is 12.5. The number of fused-ring (bicyclic) bond motifs is 1. The molecule has 4 atom stereocenters. The van der Waals surface area contributed by atoms with Gasteiger partial charge in [0.15, 0.2) is 117 Å². The van der Waals surface area contributed by atoms with Crippen molar-refractivity contribution in [2.75, 3.05) is 46.8 Å². The Balaban J connectivity index is 0.000000314. The van der Waals surface area contributed by atoms with E-state index in [-0.39, 0.29) is 86.2 Å². The van der Waals surface area contributed by atoms with Crippen LogP contribution in [0, 0.1) is 0 Å². The number of para-hydroxylation sites is 3. The van der Waals surface area contributed by atoms with Gasteiger partial charge >= 0.3 is 29.8 Å². The minimum atomic E-state index is -2.07. The second-order valence-corrected chi connectivity index (χ2v) is 19.5. The quantitative estimate of drug-likeness (QED) is 0.0111. The minimum Gasteiger partial charge on any atom is -0.504 e. The van der Waals surface area contributed by atoms with Gasteiger partial charge in [-0.1, -0.05) is 42.5 Å². The highest BCUT2D eigenvalue weighted by Gasteiger charge is 2.31. The normalized spacial score (nSPS) is 12.3. The molecule has 8 rings (SSSR count). The summed E-state index contributed by atoms with van der Waals surface area (Å²) in [7, 11) is 1.53. The van der Waals surface area contributed by atoms with Crippen LogP contribution >= 0.6 is 0 Å². The summed E-state index contributed by atoms with van der Waals surface area (Å²) in [5, 5.41) is 129. The van der Waals surface area contributed by atoms with Crippen molar-refractivity contribution < 1.29 is 148 Å². The lowest BCUT2D eigenvalue weighted by molar-refractivity contribution is -0.148. The first-order valence-electron chi connectivity index (χ1n) is 29.5. The van der Waals surface area contributed by atoms with Gasteiger partial charge in [0.2, 0.25) is 0 Å². The summed E-state index contributed by atoms with van der Waals surface area (Å²) < 4.78 is 41.1. The van der Waals surface area contributed by atoms with E-state index in [1.165, 1.54) is 67.8 Å². The number of ether oxygens (including phenoxy) is 8. The number of aromatic hydroxyl groups is 6. The fourth-order valence-corrected chi connectivity index (χ4v) is 8.27. The standard InChI is InChI=1S/C18H16O5.C12H14O8.2C10H12O5.C10H10O4.C9H10O3/c1-3-22-16-10-11(7-8-14(16)19)9-13-12-5-4-6-15(21-2)17(12)23-18(13)20;1-2-20-7-4-5(8(13)11(16)17)3-6(9(7)14)10(15)12(18)19;1-2-15-8-5-6(3-4-7(8)11)9(12)10(13)14;1-2-15-7-5-3-4-6(8(7)11)9(12)10(13)14;1-2-14-9-4-7(5-11)3-8(6-12)10(9)13;1-2-12-8-5-3-4-7(6-10)9(8)11/h4-10,19H,3H2,1-2H3;3-4,8,10,13-15H,2H2,1H3,(H,16,17)(H,18,19);2*3-5,9,11-12H,2H2,1H3,(H,13,14);3-6,13H,2H2,1H3;3-6,11H,2H2,1H3. The van der Waals surface area contributed by atoms with Crippen molar-refractivity contribution in [1.82, 2.24) is 0 Å². The summed E-state index contributed by atoms with van der Waals surface area (Å²) in [5.41, 5.74) is 1.87. The lowest BCUT2D eigenvalue weighted by Gasteiger charge is -2.16. The van der Waals surface area contributed by atoms with E-state index in [2.05, 4.69) is 0 Å². The molecule has 0 spiro atoms. The van der Waals surface area contributed by atoms with E-state index in [4.69, 9.17) is 58.3 Å². The van der Waals surface area contributed by atoms with Crippen molar-refractivity contribution in [1.29, 1.82) is 0 Å². The van der Waals surface area contributed by atoms with Crippen molar-refractivity contribution in [3.63, 3.8) is 0 Å². The van der Waals surface area contributed by atoms with Gasteiger partial charge in [-0.2, -0.15) is 0 Å². The van der Waals surface area contributed by atoms with E-state index in [0.717, 1.165) is 17.7 Å². The van der Waals surface area contributed by atoms with Gasteiger partial charge in [-0.15, -0.1) is 0 Å². The Morgan fingerprint density at radius 2 is 0.828 bits per heavy atom. The van der Waals surface area contributed by atoms with Crippen LogP contribution in [-0.2, 0) is 24.0 Å². The first-order chi connectivity index (χ1) is 47.1. The highest BCUT2D eigenvalue weighted by Crippen LogP contribution is 2.43. The predicted octanol–water partition coefficient (Wildman–Crippen LogP) is 8.12. The topological polar surface area (TPSA) is 494 Å². The number of phenolic OH excluding ortho intramolecular Hbond substituents is 6. The molecule has 0 bridgehead atoms. The van der Waals surface area contributed by atoms with Gasteiger partial charge in [-0.3, -0.25) is 14.4 Å². The van der Waals surface area contributed by atoms with Crippen molar-refractivity contribution >= 4 is 60.4 Å². The SMILES string of the molecule is CCOc1cc(C(O)C(=O)O)cc(C(O)C(=O)O)c1O.CCOc1cc(C(O)C(=O)O)ccc1O.CCOc1cc(C=C2C(=O)Oc3c(OC)cccc32)ccc1O.CCOc1cc(C=O)cc(C=O)c1O.CCOc1cccc(C(O)C(=O)O)c1O.CCOc1cccc(C=O)c1O. The van der Waals surface area contributed by atoms with Gasteiger partial charge < -0.3 is 109 Å². The number of phenols is 6. The van der Waals surface area contributed by atoms with Crippen LogP contribution in [0.5, 0.6) is 80.5 Å². The molecule has 0 saturated carbocycles. The van der Waals surface area contributed by atoms with Crippen LogP contribution in [0.4, 0.5) is 0 Å². The van der Waals surface area contributed by atoms with Crippen molar-refractivity contribution in [2.45, 2.75) is 66.0 Å². The average Bonchev–Trinajstić information content (AvgIpc) is 1.68. The molecule has 1 aliphatic heterocycles. The number of carbonyl (C=O) groups excluding carboxylic acids is 4. The molecule has 7 aromatic rings. The van der Waals surface area contributed by atoms with E-state index >= 15 is 0 Å². The molecule has 99 heavy (non-hydrogen) atoms. The number of carboxylic acid groups (broad SMARTS) is 4. The maximum Gasteiger partial charge on any atom is 0.344 e. The molecule has 14 N–H and O–H groups in total. The largest absolute Gasteiger partial charge is 0.504 e. The van der Waals surface area contributed by atoms with Crippen LogP contribution in [0.3, 0.4) is 0 Å². The number of esters is 1. The van der Waals surface area contributed by atoms with Crippen molar-refractivity contribution in [2.24, 2.45) is 0 Å². The number of aliphatic hydroxyl groups is 4. The lowest BCUT2D eigenvalue weighted by atomic mass is 10.0. The fourth-order valence-electron chi connectivity index (χ4n) is 8.27. The molecule has 0 aliphatic carbocycles. The molecule has 7 aromatic carbocycles. The number of carbonyl (C=O) groups is 8. The Kier molecular flexibility index (Phi) is 33.0. The Morgan fingerprint density at radius 3 is 1.34 bits per heavy atom. The van der Waals surface area contributed by atoms with Crippen molar-refractivity contribution in [3.8, 4) is 80.5 Å². The van der Waals surface area contributed by atoms with E-state index < -0.39 is 65.6 Å². The van der Waals surface area contributed by atoms with E-state index in [9.17, 15) is 89.4 Å². The van der Waals surface area contributed by atoms with Crippen LogP contribution in [0.25, 0.3) is 11.6 Å².